The van der Waals surface area contributed by atoms with Crippen molar-refractivity contribution in [1.82, 2.24) is 14.9 Å². The summed E-state index contributed by atoms with van der Waals surface area (Å²) >= 11 is 6.04. The van der Waals surface area contributed by atoms with Crippen LogP contribution in [0.4, 0.5) is 10.2 Å². The van der Waals surface area contributed by atoms with E-state index in [4.69, 9.17) is 21.1 Å². The first kappa shape index (κ1) is 23.9. The second kappa shape index (κ2) is 9.70. The average Bonchev–Trinajstić information content (AvgIpc) is 3.36. The third-order valence-electron chi connectivity index (χ3n) is 6.55. The number of aryl methyl sites for hydroxylation is 1. The van der Waals surface area contributed by atoms with Crippen LogP contribution in [0.25, 0.3) is 22.0 Å². The standard InChI is InChI=1S/C27H26ClFN4O3/c1-16-12-19(18-6-4-5-7-22(18)35-2)20-14-21(31-25(20)24(16)29)27(34)33-10-8-32(9-11-33)26-23(36-3)13-17(28)15-30-26/h4-7,12-15,31H,8-11H2,1-3H3. The molecule has 1 N–H and O–H groups in total. The first-order valence-corrected chi connectivity index (χ1v) is 12.0. The van der Waals surface area contributed by atoms with Crippen LogP contribution >= 0.6 is 11.6 Å². The second-order valence-electron chi connectivity index (χ2n) is 8.69. The molecule has 0 aliphatic carbocycles. The highest BCUT2D eigenvalue weighted by atomic mass is 35.5. The fourth-order valence-corrected chi connectivity index (χ4v) is 4.84. The van der Waals surface area contributed by atoms with E-state index in [-0.39, 0.29) is 11.7 Å². The zero-order valence-electron chi connectivity index (χ0n) is 20.3. The van der Waals surface area contributed by atoms with E-state index in [0.717, 1.165) is 11.1 Å². The highest BCUT2D eigenvalue weighted by Crippen LogP contribution is 2.38. The number of benzene rings is 2. The van der Waals surface area contributed by atoms with Gasteiger partial charge in [0.1, 0.15) is 17.3 Å². The number of pyridine rings is 1. The number of methoxy groups -OCH3 is 2. The molecule has 0 atom stereocenters. The van der Waals surface area contributed by atoms with Crippen molar-refractivity contribution in [2.75, 3.05) is 45.3 Å². The Morgan fingerprint density at radius 2 is 1.75 bits per heavy atom. The van der Waals surface area contributed by atoms with Gasteiger partial charge in [-0.05, 0) is 36.2 Å². The molecular weight excluding hydrogens is 483 g/mol. The molecule has 5 rings (SSSR count). The van der Waals surface area contributed by atoms with E-state index in [1.807, 2.05) is 24.3 Å². The number of piperazine rings is 1. The van der Waals surface area contributed by atoms with Crippen molar-refractivity contribution in [1.29, 1.82) is 0 Å². The molecule has 3 heterocycles. The fourth-order valence-electron chi connectivity index (χ4n) is 4.69. The van der Waals surface area contributed by atoms with E-state index in [1.54, 1.807) is 50.4 Å². The summed E-state index contributed by atoms with van der Waals surface area (Å²) in [5.74, 6) is 1.42. The Hall–Kier alpha value is -3.78. The zero-order chi connectivity index (χ0) is 25.4. The predicted octanol–water partition coefficient (Wildman–Crippen LogP) is 5.31. The lowest BCUT2D eigenvalue weighted by atomic mass is 9.98. The minimum absolute atomic E-state index is 0.176. The lowest BCUT2D eigenvalue weighted by molar-refractivity contribution is 0.0741. The number of nitrogens with one attached hydrogen (secondary N) is 1. The molecule has 0 unspecified atom stereocenters. The Morgan fingerprint density at radius 1 is 1.03 bits per heavy atom. The zero-order valence-corrected chi connectivity index (χ0v) is 21.0. The van der Waals surface area contributed by atoms with E-state index < -0.39 is 0 Å². The SMILES string of the molecule is COc1ccccc1-c1cc(C)c(F)c2[nH]c(C(=O)N3CCN(c4ncc(Cl)cc4OC)CC3)cc12. The Kier molecular flexibility index (Phi) is 6.45. The van der Waals surface area contributed by atoms with Gasteiger partial charge in [0.05, 0.1) is 24.8 Å². The van der Waals surface area contributed by atoms with E-state index in [2.05, 4.69) is 14.9 Å². The summed E-state index contributed by atoms with van der Waals surface area (Å²) in [5, 5.41) is 1.14. The van der Waals surface area contributed by atoms with Gasteiger partial charge in [-0.15, -0.1) is 0 Å². The molecular formula is C27H26ClFN4O3. The van der Waals surface area contributed by atoms with Crippen molar-refractivity contribution in [3.8, 4) is 22.6 Å². The highest BCUT2D eigenvalue weighted by molar-refractivity contribution is 6.30. The molecule has 0 saturated carbocycles. The number of nitrogens with zero attached hydrogens (tertiary/aromatic N) is 3. The van der Waals surface area contributed by atoms with Gasteiger partial charge in [-0.3, -0.25) is 4.79 Å². The van der Waals surface area contributed by atoms with Gasteiger partial charge in [-0.1, -0.05) is 29.8 Å². The topological polar surface area (TPSA) is 70.7 Å². The smallest absolute Gasteiger partial charge is 0.270 e. The van der Waals surface area contributed by atoms with Gasteiger partial charge in [0.2, 0.25) is 0 Å². The van der Waals surface area contributed by atoms with Gasteiger partial charge in [0.25, 0.3) is 5.91 Å². The minimum Gasteiger partial charge on any atom is -0.496 e. The van der Waals surface area contributed by atoms with Gasteiger partial charge in [-0.2, -0.15) is 0 Å². The maximum absolute atomic E-state index is 15.1. The number of aromatic amines is 1. The minimum atomic E-state index is -0.367. The molecule has 1 fully saturated rings. The second-order valence-corrected chi connectivity index (χ2v) is 9.12. The van der Waals surface area contributed by atoms with Gasteiger partial charge in [0, 0.05) is 49.4 Å². The number of para-hydroxylation sites is 1. The van der Waals surface area contributed by atoms with Crippen LogP contribution in [-0.2, 0) is 0 Å². The summed E-state index contributed by atoms with van der Waals surface area (Å²) in [6, 6.07) is 12.8. The molecule has 186 valence electrons. The maximum atomic E-state index is 15.1. The van der Waals surface area contributed by atoms with Crippen LogP contribution < -0.4 is 14.4 Å². The van der Waals surface area contributed by atoms with Crippen LogP contribution in [0.3, 0.4) is 0 Å². The summed E-state index contributed by atoms with van der Waals surface area (Å²) in [7, 11) is 3.18. The molecule has 0 bridgehead atoms. The number of amides is 1. The van der Waals surface area contributed by atoms with Crippen LogP contribution in [0.1, 0.15) is 16.1 Å². The number of ether oxygens (including phenoxy) is 2. The summed E-state index contributed by atoms with van der Waals surface area (Å²) in [6.07, 6.45) is 1.58. The van der Waals surface area contributed by atoms with Crippen molar-refractivity contribution in [3.05, 3.63) is 70.8 Å². The number of carbonyl (C=O) groups is 1. The van der Waals surface area contributed by atoms with Gasteiger partial charge < -0.3 is 24.3 Å². The Balaban J connectivity index is 1.43. The first-order chi connectivity index (χ1) is 17.4. The van der Waals surface area contributed by atoms with E-state index >= 15 is 4.39 Å². The number of aromatic nitrogens is 2. The number of hydrogen-bond acceptors (Lipinski definition) is 5. The predicted molar refractivity (Wildman–Crippen MR) is 139 cm³/mol. The summed E-state index contributed by atoms with van der Waals surface area (Å²) in [5.41, 5.74) is 2.79. The summed E-state index contributed by atoms with van der Waals surface area (Å²) in [6.45, 7) is 3.85. The van der Waals surface area contributed by atoms with Gasteiger partial charge >= 0.3 is 0 Å². The Bertz CT molecular complexity index is 1450. The Morgan fingerprint density at radius 3 is 2.47 bits per heavy atom. The highest BCUT2D eigenvalue weighted by Gasteiger charge is 2.27. The number of halogens is 2. The number of H-pyrrole nitrogens is 1. The van der Waals surface area contributed by atoms with Gasteiger partial charge in [-0.25, -0.2) is 9.37 Å². The van der Waals surface area contributed by atoms with Crippen LogP contribution in [0, 0.1) is 12.7 Å². The molecule has 1 saturated heterocycles. The van der Waals surface area contributed by atoms with Crippen LogP contribution in [0.5, 0.6) is 11.5 Å². The van der Waals surface area contributed by atoms with Crippen LogP contribution in [-0.4, -0.2) is 61.2 Å². The molecule has 4 aromatic rings. The lowest BCUT2D eigenvalue weighted by Crippen LogP contribution is -2.49. The van der Waals surface area contributed by atoms with E-state index in [9.17, 15) is 4.79 Å². The quantitative estimate of drug-likeness (QED) is 0.395. The molecule has 1 aliphatic rings. The molecule has 1 aliphatic heterocycles. The van der Waals surface area contributed by atoms with E-state index in [1.165, 1.54) is 0 Å². The van der Waals surface area contributed by atoms with Crippen molar-refractivity contribution in [3.63, 3.8) is 0 Å². The van der Waals surface area contributed by atoms with Crippen molar-refractivity contribution in [2.24, 2.45) is 0 Å². The molecule has 0 spiro atoms. The largest absolute Gasteiger partial charge is 0.496 e. The third kappa shape index (κ3) is 4.22. The van der Waals surface area contributed by atoms with Crippen molar-refractivity contribution in [2.45, 2.75) is 6.92 Å². The van der Waals surface area contributed by atoms with E-state index in [0.29, 0.717) is 70.7 Å². The monoisotopic (exact) mass is 508 g/mol. The van der Waals surface area contributed by atoms with Crippen LogP contribution in [0.2, 0.25) is 5.02 Å². The first-order valence-electron chi connectivity index (χ1n) is 11.6. The van der Waals surface area contributed by atoms with Gasteiger partial charge in [0.15, 0.2) is 11.6 Å². The maximum Gasteiger partial charge on any atom is 0.270 e. The molecule has 2 aromatic carbocycles. The summed E-state index contributed by atoms with van der Waals surface area (Å²) < 4.78 is 26.1. The summed E-state index contributed by atoms with van der Waals surface area (Å²) in [4.78, 5) is 24.7. The number of hydrogen-bond donors (Lipinski definition) is 1. The third-order valence-corrected chi connectivity index (χ3v) is 6.75. The molecule has 7 nitrogen and oxygen atoms in total. The lowest BCUT2D eigenvalue weighted by Gasteiger charge is -2.35. The molecule has 9 heteroatoms. The Labute approximate surface area is 213 Å². The fraction of sp³-hybridized carbons (Fsp3) is 0.259. The average molecular weight is 509 g/mol. The molecule has 0 radical (unpaired) electrons. The number of carbonyl (C=O) groups excluding carboxylic acids is 1. The molecule has 36 heavy (non-hydrogen) atoms. The van der Waals surface area contributed by atoms with Crippen molar-refractivity contribution < 1.29 is 18.7 Å². The number of fused-ring (bicyclic) bond motifs is 1. The molecule has 2 aromatic heterocycles. The molecule has 1 amide bonds. The normalized spacial score (nSPS) is 13.8. The van der Waals surface area contributed by atoms with Crippen LogP contribution in [0.15, 0.2) is 48.7 Å². The van der Waals surface area contributed by atoms with Crippen molar-refractivity contribution >= 4 is 34.2 Å². The number of anilines is 1. The number of rotatable bonds is 5.